The largest absolute Gasteiger partial charge is 0.372 e. The van der Waals surface area contributed by atoms with Crippen molar-refractivity contribution in [2.24, 2.45) is 0 Å². The van der Waals surface area contributed by atoms with Crippen molar-refractivity contribution in [3.63, 3.8) is 0 Å². The van der Waals surface area contributed by atoms with E-state index < -0.39 is 0 Å². The molecule has 2 heterocycles. The van der Waals surface area contributed by atoms with Gasteiger partial charge >= 0.3 is 0 Å². The Hall–Kier alpha value is -1.37. The van der Waals surface area contributed by atoms with E-state index in [0.29, 0.717) is 12.2 Å². The maximum Gasteiger partial charge on any atom is 0.0839 e. The SMILES string of the molecule is N#CC(CN1CC2CCC(C1)O2)c1ccccc1. The molecule has 2 bridgehead atoms. The molecule has 3 atom stereocenters. The second-order valence-electron chi connectivity index (χ2n) is 5.27. The number of likely N-dealkylation sites (tertiary alicyclic amines) is 1. The average Bonchev–Trinajstić information content (AvgIpc) is 2.76. The van der Waals surface area contributed by atoms with Gasteiger partial charge in [-0.2, -0.15) is 5.26 Å². The quantitative estimate of drug-likeness (QED) is 0.815. The molecule has 0 radical (unpaired) electrons. The van der Waals surface area contributed by atoms with Gasteiger partial charge in [-0.3, -0.25) is 4.90 Å². The molecule has 94 valence electrons. The molecule has 1 aromatic carbocycles. The van der Waals surface area contributed by atoms with Crippen LogP contribution in [0.2, 0.25) is 0 Å². The first-order valence-electron chi connectivity index (χ1n) is 6.67. The van der Waals surface area contributed by atoms with Crippen LogP contribution < -0.4 is 0 Å². The third-order valence-corrected chi connectivity index (χ3v) is 3.92. The number of fused-ring (bicyclic) bond motifs is 2. The highest BCUT2D eigenvalue weighted by molar-refractivity contribution is 5.25. The summed E-state index contributed by atoms with van der Waals surface area (Å²) in [5.74, 6) is -0.0244. The standard InChI is InChI=1S/C15H18N2O/c16-8-13(12-4-2-1-3-5-12)9-17-10-14-6-7-15(11-17)18-14/h1-5,13-15H,6-7,9-11H2. The normalized spacial score (nSPS) is 28.8. The summed E-state index contributed by atoms with van der Waals surface area (Å²) in [6.07, 6.45) is 3.17. The summed E-state index contributed by atoms with van der Waals surface area (Å²) in [6, 6.07) is 12.5. The Labute approximate surface area is 108 Å². The Balaban J connectivity index is 1.66. The molecule has 0 N–H and O–H groups in total. The zero-order valence-electron chi connectivity index (χ0n) is 10.5. The van der Waals surface area contributed by atoms with E-state index in [-0.39, 0.29) is 5.92 Å². The Morgan fingerprint density at radius 2 is 1.89 bits per heavy atom. The van der Waals surface area contributed by atoms with Gasteiger partial charge in [-0.25, -0.2) is 0 Å². The van der Waals surface area contributed by atoms with Gasteiger partial charge in [0.1, 0.15) is 0 Å². The van der Waals surface area contributed by atoms with E-state index in [4.69, 9.17) is 4.74 Å². The molecule has 3 nitrogen and oxygen atoms in total. The minimum absolute atomic E-state index is 0.0244. The van der Waals surface area contributed by atoms with Gasteiger partial charge in [-0.15, -0.1) is 0 Å². The fraction of sp³-hybridized carbons (Fsp3) is 0.533. The van der Waals surface area contributed by atoms with Crippen molar-refractivity contribution in [2.75, 3.05) is 19.6 Å². The maximum atomic E-state index is 9.35. The van der Waals surface area contributed by atoms with Gasteiger partial charge < -0.3 is 4.74 Å². The van der Waals surface area contributed by atoms with Crippen molar-refractivity contribution in [3.8, 4) is 6.07 Å². The van der Waals surface area contributed by atoms with E-state index in [9.17, 15) is 5.26 Å². The summed E-state index contributed by atoms with van der Waals surface area (Å²) in [5.41, 5.74) is 1.12. The van der Waals surface area contributed by atoms with E-state index in [2.05, 4.69) is 11.0 Å². The van der Waals surface area contributed by atoms with Crippen LogP contribution in [0.4, 0.5) is 0 Å². The van der Waals surface area contributed by atoms with Crippen LogP contribution in [0.25, 0.3) is 0 Å². The third kappa shape index (κ3) is 2.40. The summed E-state index contributed by atoms with van der Waals surface area (Å²) in [5, 5.41) is 9.35. The van der Waals surface area contributed by atoms with Crippen LogP contribution in [0.1, 0.15) is 24.3 Å². The number of hydrogen-bond donors (Lipinski definition) is 0. The van der Waals surface area contributed by atoms with Crippen LogP contribution in [-0.2, 0) is 4.74 Å². The zero-order chi connectivity index (χ0) is 12.4. The molecule has 1 aromatic rings. The van der Waals surface area contributed by atoms with Gasteiger partial charge in [0.15, 0.2) is 0 Å². The minimum atomic E-state index is -0.0244. The molecule has 0 aromatic heterocycles. The number of nitriles is 1. The van der Waals surface area contributed by atoms with Gasteiger partial charge in [0.25, 0.3) is 0 Å². The second kappa shape index (κ2) is 5.09. The van der Waals surface area contributed by atoms with Crippen LogP contribution in [-0.4, -0.2) is 36.7 Å². The Morgan fingerprint density at radius 3 is 2.50 bits per heavy atom. The van der Waals surface area contributed by atoms with Gasteiger partial charge in [0.2, 0.25) is 0 Å². The molecule has 3 rings (SSSR count). The summed E-state index contributed by atoms with van der Waals surface area (Å²) < 4.78 is 5.82. The summed E-state index contributed by atoms with van der Waals surface area (Å²) in [7, 11) is 0. The molecule has 2 aliphatic heterocycles. The minimum Gasteiger partial charge on any atom is -0.372 e. The van der Waals surface area contributed by atoms with E-state index >= 15 is 0 Å². The summed E-state index contributed by atoms with van der Waals surface area (Å²) in [6.45, 7) is 2.81. The predicted molar refractivity (Wildman–Crippen MR) is 69.1 cm³/mol. The fourth-order valence-corrected chi connectivity index (χ4v) is 3.01. The molecule has 3 heteroatoms. The highest BCUT2D eigenvalue weighted by atomic mass is 16.5. The lowest BCUT2D eigenvalue weighted by Crippen LogP contribution is -2.44. The van der Waals surface area contributed by atoms with E-state index in [0.717, 1.165) is 25.2 Å². The van der Waals surface area contributed by atoms with Crippen LogP contribution in [0.3, 0.4) is 0 Å². The number of benzene rings is 1. The van der Waals surface area contributed by atoms with Crippen molar-refractivity contribution in [1.82, 2.24) is 4.90 Å². The molecule has 0 amide bonds. The molecule has 0 aliphatic carbocycles. The van der Waals surface area contributed by atoms with Gasteiger partial charge in [0.05, 0.1) is 24.2 Å². The van der Waals surface area contributed by atoms with Crippen LogP contribution in [0.15, 0.2) is 30.3 Å². The van der Waals surface area contributed by atoms with Crippen molar-refractivity contribution in [2.45, 2.75) is 31.0 Å². The summed E-state index contributed by atoms with van der Waals surface area (Å²) in [4.78, 5) is 2.40. The monoisotopic (exact) mass is 242 g/mol. The van der Waals surface area contributed by atoms with E-state index in [1.807, 2.05) is 30.3 Å². The maximum absolute atomic E-state index is 9.35. The van der Waals surface area contributed by atoms with Crippen molar-refractivity contribution in [1.29, 1.82) is 5.26 Å². The third-order valence-electron chi connectivity index (χ3n) is 3.92. The molecule has 0 spiro atoms. The van der Waals surface area contributed by atoms with E-state index in [1.165, 1.54) is 12.8 Å². The van der Waals surface area contributed by atoms with Crippen LogP contribution >= 0.6 is 0 Å². The smallest absolute Gasteiger partial charge is 0.0839 e. The van der Waals surface area contributed by atoms with Crippen LogP contribution in [0, 0.1) is 11.3 Å². The lowest BCUT2D eigenvalue weighted by molar-refractivity contribution is -0.0386. The van der Waals surface area contributed by atoms with Gasteiger partial charge in [0, 0.05) is 19.6 Å². The Bertz CT molecular complexity index is 428. The number of ether oxygens (including phenoxy) is 1. The molecule has 2 saturated heterocycles. The van der Waals surface area contributed by atoms with Gasteiger partial charge in [-0.1, -0.05) is 30.3 Å². The molecule has 18 heavy (non-hydrogen) atoms. The fourth-order valence-electron chi connectivity index (χ4n) is 3.01. The summed E-state index contributed by atoms with van der Waals surface area (Å²) >= 11 is 0. The molecule has 2 aliphatic rings. The lowest BCUT2D eigenvalue weighted by atomic mass is 10.00. The second-order valence-corrected chi connectivity index (χ2v) is 5.27. The van der Waals surface area contributed by atoms with Crippen molar-refractivity contribution in [3.05, 3.63) is 35.9 Å². The topological polar surface area (TPSA) is 36.3 Å². The molecule has 3 unspecified atom stereocenters. The first kappa shape index (κ1) is 11.7. The Kier molecular flexibility index (Phi) is 3.31. The molecule has 0 saturated carbocycles. The first-order chi connectivity index (χ1) is 8.85. The first-order valence-corrected chi connectivity index (χ1v) is 6.67. The predicted octanol–water partition coefficient (Wildman–Crippen LogP) is 2.16. The molecule has 2 fully saturated rings. The molecular weight excluding hydrogens is 224 g/mol. The highest BCUT2D eigenvalue weighted by Crippen LogP contribution is 2.27. The van der Waals surface area contributed by atoms with Crippen molar-refractivity contribution < 1.29 is 4.74 Å². The highest BCUT2D eigenvalue weighted by Gasteiger charge is 2.34. The number of hydrogen-bond acceptors (Lipinski definition) is 3. The average molecular weight is 242 g/mol. The zero-order valence-corrected chi connectivity index (χ0v) is 10.5. The Morgan fingerprint density at radius 1 is 1.22 bits per heavy atom. The number of nitrogens with zero attached hydrogens (tertiary/aromatic N) is 2. The molecular formula is C15H18N2O. The lowest BCUT2D eigenvalue weighted by Gasteiger charge is -2.33. The number of morpholine rings is 1. The van der Waals surface area contributed by atoms with E-state index in [1.54, 1.807) is 0 Å². The number of rotatable bonds is 3. The van der Waals surface area contributed by atoms with Gasteiger partial charge in [-0.05, 0) is 18.4 Å². The van der Waals surface area contributed by atoms with Crippen molar-refractivity contribution >= 4 is 0 Å². The van der Waals surface area contributed by atoms with Crippen LogP contribution in [0.5, 0.6) is 0 Å².